The molecule has 1 rings (SSSR count). The van der Waals surface area contributed by atoms with Gasteiger partial charge >= 0.3 is 5.97 Å². The lowest BCUT2D eigenvalue weighted by Crippen LogP contribution is -2.01. The molecule has 1 N–H and O–H groups in total. The van der Waals surface area contributed by atoms with Crippen molar-refractivity contribution in [1.82, 2.24) is 0 Å². The van der Waals surface area contributed by atoms with E-state index in [1.807, 2.05) is 6.07 Å². The molecule has 1 aromatic carbocycles. The zero-order chi connectivity index (χ0) is 9.68. The van der Waals surface area contributed by atoms with Crippen LogP contribution in [0.4, 0.5) is 0 Å². The van der Waals surface area contributed by atoms with Gasteiger partial charge in [-0.2, -0.15) is 5.26 Å². The number of carbonyl (C=O) groups is 1. The second-order valence-corrected chi connectivity index (χ2v) is 2.83. The van der Waals surface area contributed by atoms with Gasteiger partial charge < -0.3 is 0 Å². The fourth-order valence-corrected chi connectivity index (χ4v) is 1.20. The summed E-state index contributed by atoms with van der Waals surface area (Å²) in [6.45, 7) is 2.07. The molecule has 3 nitrogen and oxygen atoms in total. The Morgan fingerprint density at radius 1 is 1.54 bits per heavy atom. The summed E-state index contributed by atoms with van der Waals surface area (Å²) in [7, 11) is 0. The van der Waals surface area contributed by atoms with Crippen molar-refractivity contribution in [2.24, 2.45) is 0 Å². The van der Waals surface area contributed by atoms with Crippen LogP contribution in [0.25, 0.3) is 0 Å². The molecule has 0 spiro atoms. The van der Waals surface area contributed by atoms with Crippen molar-refractivity contribution in [2.75, 3.05) is 0 Å². The maximum atomic E-state index is 10.9. The number of hydrogen-bond donors (Lipinski definition) is 1. The molecule has 0 radical (unpaired) electrons. The Kier molecular flexibility index (Phi) is 3.46. The lowest BCUT2D eigenvalue weighted by molar-refractivity contribution is -0.182. The van der Waals surface area contributed by atoms with Gasteiger partial charge in [0.15, 0.2) is 0 Å². The first kappa shape index (κ1) is 9.74. The summed E-state index contributed by atoms with van der Waals surface area (Å²) in [5.74, 6) is -0.710. The van der Waals surface area contributed by atoms with E-state index < -0.39 is 5.97 Å². The van der Waals surface area contributed by atoms with E-state index in [1.165, 1.54) is 0 Å². The molecule has 0 saturated carbocycles. The van der Waals surface area contributed by atoms with Gasteiger partial charge in [-0.15, -0.1) is 0 Å². The second kappa shape index (κ2) is 4.62. The Labute approximate surface area is 76.9 Å². The molecular weight excluding hydrogens is 168 g/mol. The third-order valence-electron chi connectivity index (χ3n) is 1.78. The van der Waals surface area contributed by atoms with Crippen LogP contribution in [0.2, 0.25) is 0 Å². The zero-order valence-electron chi connectivity index (χ0n) is 7.49. The lowest BCUT2D eigenvalue weighted by atomic mass is 10.1. The highest BCUT2D eigenvalue weighted by Gasteiger charge is 2.06. The van der Waals surface area contributed by atoms with Gasteiger partial charge in [0.2, 0.25) is 0 Å². The SMILES string of the molecule is CCCc1cccc(C(=O)OO)c1. The van der Waals surface area contributed by atoms with E-state index in [-0.39, 0.29) is 0 Å². The summed E-state index contributed by atoms with van der Waals surface area (Å²) in [6, 6.07) is 7.05. The molecule has 0 amide bonds. The minimum Gasteiger partial charge on any atom is -0.296 e. The van der Waals surface area contributed by atoms with Crippen LogP contribution in [0.5, 0.6) is 0 Å². The Morgan fingerprint density at radius 2 is 2.31 bits per heavy atom. The van der Waals surface area contributed by atoms with Crippen LogP contribution in [0.1, 0.15) is 29.3 Å². The summed E-state index contributed by atoms with van der Waals surface area (Å²) < 4.78 is 0. The van der Waals surface area contributed by atoms with Crippen LogP contribution < -0.4 is 0 Å². The molecule has 3 heteroatoms. The molecule has 0 atom stereocenters. The predicted octanol–water partition coefficient (Wildman–Crippen LogP) is 2.27. The molecule has 0 bridgehead atoms. The van der Waals surface area contributed by atoms with E-state index in [9.17, 15) is 4.79 Å². The quantitative estimate of drug-likeness (QED) is 0.573. The van der Waals surface area contributed by atoms with Crippen LogP contribution in [-0.4, -0.2) is 11.2 Å². The largest absolute Gasteiger partial charge is 0.372 e. The van der Waals surface area contributed by atoms with Gasteiger partial charge in [0.1, 0.15) is 0 Å². The number of aryl methyl sites for hydroxylation is 1. The molecule has 0 fully saturated rings. The Morgan fingerprint density at radius 3 is 2.92 bits per heavy atom. The monoisotopic (exact) mass is 180 g/mol. The predicted molar refractivity (Wildman–Crippen MR) is 48.5 cm³/mol. The normalized spacial score (nSPS) is 9.69. The summed E-state index contributed by atoms with van der Waals surface area (Å²) in [6.07, 6.45) is 1.95. The Balaban J connectivity index is 2.85. The van der Waals surface area contributed by atoms with Crippen molar-refractivity contribution in [2.45, 2.75) is 19.8 Å². The molecule has 13 heavy (non-hydrogen) atoms. The van der Waals surface area contributed by atoms with Crippen LogP contribution in [0.3, 0.4) is 0 Å². The average Bonchev–Trinajstić information content (AvgIpc) is 2.18. The second-order valence-electron chi connectivity index (χ2n) is 2.83. The first-order valence-corrected chi connectivity index (χ1v) is 4.22. The fourth-order valence-electron chi connectivity index (χ4n) is 1.20. The van der Waals surface area contributed by atoms with E-state index in [2.05, 4.69) is 11.8 Å². The molecule has 0 aliphatic heterocycles. The minimum atomic E-state index is -0.710. The molecule has 0 aliphatic carbocycles. The van der Waals surface area contributed by atoms with Crippen LogP contribution in [0.15, 0.2) is 24.3 Å². The molecule has 0 aliphatic rings. The van der Waals surface area contributed by atoms with Gasteiger partial charge in [-0.25, -0.2) is 4.79 Å². The first-order chi connectivity index (χ1) is 6.27. The smallest absolute Gasteiger partial charge is 0.296 e. The summed E-state index contributed by atoms with van der Waals surface area (Å²) >= 11 is 0. The molecule has 0 aromatic heterocycles. The molecule has 0 saturated heterocycles. The third kappa shape index (κ3) is 2.56. The average molecular weight is 180 g/mol. The Bertz CT molecular complexity index is 294. The van der Waals surface area contributed by atoms with E-state index in [1.54, 1.807) is 18.2 Å². The lowest BCUT2D eigenvalue weighted by Gasteiger charge is -2.00. The number of benzene rings is 1. The van der Waals surface area contributed by atoms with Crippen LogP contribution >= 0.6 is 0 Å². The highest BCUT2D eigenvalue weighted by atomic mass is 17.1. The maximum absolute atomic E-state index is 10.9. The highest BCUT2D eigenvalue weighted by Crippen LogP contribution is 2.08. The Hall–Kier alpha value is -1.35. The first-order valence-electron chi connectivity index (χ1n) is 4.22. The number of hydrogen-bond acceptors (Lipinski definition) is 3. The summed E-state index contributed by atoms with van der Waals surface area (Å²) in [5, 5.41) is 8.16. The zero-order valence-corrected chi connectivity index (χ0v) is 7.49. The van der Waals surface area contributed by atoms with Crippen molar-refractivity contribution in [3.8, 4) is 0 Å². The van der Waals surface area contributed by atoms with Crippen molar-refractivity contribution >= 4 is 5.97 Å². The molecule has 0 heterocycles. The van der Waals surface area contributed by atoms with Crippen LogP contribution in [0, 0.1) is 0 Å². The van der Waals surface area contributed by atoms with Crippen molar-refractivity contribution in [1.29, 1.82) is 0 Å². The standard InChI is InChI=1S/C10H12O3/c1-2-4-8-5-3-6-9(7-8)10(11)13-12/h3,5-7,12H,2,4H2,1H3. The molecular formula is C10H12O3. The highest BCUT2D eigenvalue weighted by molar-refractivity contribution is 5.89. The van der Waals surface area contributed by atoms with Crippen molar-refractivity contribution < 1.29 is 14.9 Å². The van der Waals surface area contributed by atoms with E-state index >= 15 is 0 Å². The van der Waals surface area contributed by atoms with E-state index in [4.69, 9.17) is 5.26 Å². The number of carbonyl (C=O) groups excluding carboxylic acids is 1. The van der Waals surface area contributed by atoms with Crippen molar-refractivity contribution in [3.05, 3.63) is 35.4 Å². The van der Waals surface area contributed by atoms with Gasteiger partial charge in [-0.3, -0.25) is 4.89 Å². The summed E-state index contributed by atoms with van der Waals surface area (Å²) in [5.41, 5.74) is 1.46. The summed E-state index contributed by atoms with van der Waals surface area (Å²) in [4.78, 5) is 14.5. The van der Waals surface area contributed by atoms with Gasteiger partial charge in [-0.05, 0) is 24.1 Å². The van der Waals surface area contributed by atoms with E-state index in [0.29, 0.717) is 5.56 Å². The van der Waals surface area contributed by atoms with Crippen molar-refractivity contribution in [3.63, 3.8) is 0 Å². The fraction of sp³-hybridized carbons (Fsp3) is 0.300. The minimum absolute atomic E-state index is 0.383. The number of rotatable bonds is 3. The third-order valence-corrected chi connectivity index (χ3v) is 1.78. The maximum Gasteiger partial charge on any atom is 0.372 e. The van der Waals surface area contributed by atoms with Gasteiger partial charge in [0.05, 0.1) is 5.56 Å². The van der Waals surface area contributed by atoms with Gasteiger partial charge in [-0.1, -0.05) is 25.5 Å². The van der Waals surface area contributed by atoms with Gasteiger partial charge in [0.25, 0.3) is 0 Å². The topological polar surface area (TPSA) is 46.5 Å². The molecule has 0 unspecified atom stereocenters. The molecule has 70 valence electrons. The molecule has 1 aromatic rings. The van der Waals surface area contributed by atoms with Gasteiger partial charge in [0, 0.05) is 0 Å². The van der Waals surface area contributed by atoms with E-state index in [0.717, 1.165) is 18.4 Å². The van der Waals surface area contributed by atoms with Crippen LogP contribution in [-0.2, 0) is 11.3 Å².